The van der Waals surface area contributed by atoms with Crippen molar-refractivity contribution in [2.24, 2.45) is 0 Å². The van der Waals surface area contributed by atoms with E-state index in [0.29, 0.717) is 31.1 Å². The van der Waals surface area contributed by atoms with Crippen molar-refractivity contribution in [3.05, 3.63) is 48.5 Å². The fraction of sp³-hybridized carbons (Fsp3) is 0.381. The van der Waals surface area contributed by atoms with Crippen LogP contribution in [0.1, 0.15) is 26.2 Å². The predicted octanol–water partition coefficient (Wildman–Crippen LogP) is 3.28. The Hall–Kier alpha value is -2.58. The Morgan fingerprint density at radius 2 is 1.69 bits per heavy atom. The summed E-state index contributed by atoms with van der Waals surface area (Å²) in [7, 11) is -3.52. The van der Waals surface area contributed by atoms with Crippen molar-refractivity contribution >= 4 is 21.6 Å². The van der Waals surface area contributed by atoms with Crippen molar-refractivity contribution in [2.75, 3.05) is 31.6 Å². The normalized spacial score (nSPS) is 14.5. The van der Waals surface area contributed by atoms with Crippen LogP contribution in [0, 0.1) is 0 Å². The van der Waals surface area contributed by atoms with Gasteiger partial charge in [0.15, 0.2) is 6.61 Å². The Bertz CT molecular complexity index is 922. The van der Waals surface area contributed by atoms with Gasteiger partial charge in [0.2, 0.25) is 10.0 Å². The second-order valence-corrected chi connectivity index (χ2v) is 8.73. The molecule has 0 bridgehead atoms. The van der Waals surface area contributed by atoms with Crippen molar-refractivity contribution in [3.63, 3.8) is 0 Å². The van der Waals surface area contributed by atoms with Gasteiger partial charge in [-0.3, -0.25) is 4.79 Å². The molecular formula is C21H26N2O5S. The molecule has 0 radical (unpaired) electrons. The van der Waals surface area contributed by atoms with Gasteiger partial charge in [0.1, 0.15) is 11.5 Å². The molecule has 7 nitrogen and oxygen atoms in total. The van der Waals surface area contributed by atoms with Gasteiger partial charge in [-0.15, -0.1) is 0 Å². The highest BCUT2D eigenvalue weighted by Gasteiger charge is 2.27. The van der Waals surface area contributed by atoms with Crippen molar-refractivity contribution in [1.82, 2.24) is 4.31 Å². The van der Waals surface area contributed by atoms with Gasteiger partial charge in [0, 0.05) is 18.8 Å². The van der Waals surface area contributed by atoms with Gasteiger partial charge in [-0.25, -0.2) is 8.42 Å². The van der Waals surface area contributed by atoms with Crippen LogP contribution >= 0.6 is 0 Å². The molecule has 0 atom stereocenters. The third kappa shape index (κ3) is 5.71. The van der Waals surface area contributed by atoms with E-state index in [4.69, 9.17) is 9.47 Å². The van der Waals surface area contributed by atoms with Gasteiger partial charge in [-0.2, -0.15) is 4.31 Å². The molecule has 0 aliphatic carbocycles. The summed E-state index contributed by atoms with van der Waals surface area (Å²) in [6.45, 7) is 3.57. The highest BCUT2D eigenvalue weighted by atomic mass is 32.2. The van der Waals surface area contributed by atoms with E-state index in [1.165, 1.54) is 10.4 Å². The number of amides is 1. The van der Waals surface area contributed by atoms with Crippen molar-refractivity contribution in [1.29, 1.82) is 0 Å². The van der Waals surface area contributed by atoms with E-state index >= 15 is 0 Å². The molecule has 2 aromatic carbocycles. The second kappa shape index (κ2) is 9.76. The van der Waals surface area contributed by atoms with Gasteiger partial charge >= 0.3 is 0 Å². The number of hydrogen-bond donors (Lipinski definition) is 1. The molecule has 0 unspecified atom stereocenters. The molecule has 0 saturated carbocycles. The van der Waals surface area contributed by atoms with Crippen LogP contribution in [0.2, 0.25) is 0 Å². The first-order valence-electron chi connectivity index (χ1n) is 9.75. The molecule has 0 spiro atoms. The fourth-order valence-electron chi connectivity index (χ4n) is 3.01. The number of carbonyl (C=O) groups excluding carboxylic acids is 1. The lowest BCUT2D eigenvalue weighted by Crippen LogP contribution is -2.28. The Kier molecular flexibility index (Phi) is 7.11. The number of anilines is 1. The molecule has 156 valence electrons. The summed E-state index contributed by atoms with van der Waals surface area (Å²) < 4.78 is 37.8. The minimum absolute atomic E-state index is 0.181. The smallest absolute Gasteiger partial charge is 0.262 e. The summed E-state index contributed by atoms with van der Waals surface area (Å²) in [5.74, 6) is 0.932. The highest BCUT2D eigenvalue weighted by molar-refractivity contribution is 7.89. The van der Waals surface area contributed by atoms with Crippen LogP contribution in [0.4, 0.5) is 5.69 Å². The third-order valence-corrected chi connectivity index (χ3v) is 6.38. The van der Waals surface area contributed by atoms with E-state index in [9.17, 15) is 13.2 Å². The minimum Gasteiger partial charge on any atom is -0.494 e. The summed E-state index contributed by atoms with van der Waals surface area (Å²) in [5.41, 5.74) is 0.419. The maximum atomic E-state index is 12.7. The van der Waals surface area contributed by atoms with Crippen molar-refractivity contribution in [2.45, 2.75) is 31.1 Å². The number of hydrogen-bond acceptors (Lipinski definition) is 5. The summed E-state index contributed by atoms with van der Waals surface area (Å²) in [5, 5.41) is 2.68. The van der Waals surface area contributed by atoms with Gasteiger partial charge in [0.05, 0.1) is 11.5 Å². The van der Waals surface area contributed by atoms with Gasteiger partial charge < -0.3 is 14.8 Å². The zero-order chi connectivity index (χ0) is 20.7. The Morgan fingerprint density at radius 3 is 2.34 bits per heavy atom. The number of benzene rings is 2. The molecule has 0 aromatic heterocycles. The predicted molar refractivity (Wildman–Crippen MR) is 111 cm³/mol. The second-order valence-electron chi connectivity index (χ2n) is 6.80. The van der Waals surface area contributed by atoms with Crippen molar-refractivity contribution < 1.29 is 22.7 Å². The molecular weight excluding hydrogens is 392 g/mol. The van der Waals surface area contributed by atoms with Crippen LogP contribution in [0.3, 0.4) is 0 Å². The maximum Gasteiger partial charge on any atom is 0.262 e. The molecule has 8 heteroatoms. The molecule has 1 fully saturated rings. The standard InChI is InChI=1S/C21H26N2O5S/c1-2-14-27-18-8-10-19(11-9-18)28-16-21(24)22-17-6-5-7-20(15-17)29(25,26)23-12-3-4-13-23/h5-11,15H,2-4,12-14,16H2,1H3,(H,22,24). The molecule has 1 aliphatic heterocycles. The first kappa shape index (κ1) is 21.1. The number of carbonyl (C=O) groups is 1. The molecule has 1 heterocycles. The molecule has 1 saturated heterocycles. The topological polar surface area (TPSA) is 84.9 Å². The summed E-state index contributed by atoms with van der Waals surface area (Å²) >= 11 is 0. The molecule has 2 aromatic rings. The molecule has 1 aliphatic rings. The van der Waals surface area contributed by atoms with Gasteiger partial charge in [-0.05, 0) is 61.7 Å². The zero-order valence-corrected chi connectivity index (χ0v) is 17.3. The highest BCUT2D eigenvalue weighted by Crippen LogP contribution is 2.23. The lowest BCUT2D eigenvalue weighted by Gasteiger charge is -2.16. The lowest BCUT2D eigenvalue weighted by atomic mass is 10.3. The Morgan fingerprint density at radius 1 is 1.03 bits per heavy atom. The fourth-order valence-corrected chi connectivity index (χ4v) is 4.57. The van der Waals surface area contributed by atoms with Gasteiger partial charge in [-0.1, -0.05) is 13.0 Å². The first-order valence-corrected chi connectivity index (χ1v) is 11.2. The number of nitrogens with one attached hydrogen (secondary N) is 1. The average Bonchev–Trinajstić information content (AvgIpc) is 3.27. The monoisotopic (exact) mass is 418 g/mol. The zero-order valence-electron chi connectivity index (χ0n) is 16.5. The van der Waals surface area contributed by atoms with Crippen molar-refractivity contribution in [3.8, 4) is 11.5 Å². The average molecular weight is 419 g/mol. The SMILES string of the molecule is CCCOc1ccc(OCC(=O)Nc2cccc(S(=O)(=O)N3CCCC3)c2)cc1. The summed E-state index contributed by atoms with van der Waals surface area (Å²) in [6.07, 6.45) is 2.68. The van der Waals surface area contributed by atoms with E-state index in [-0.39, 0.29) is 17.4 Å². The minimum atomic E-state index is -3.52. The van der Waals surface area contributed by atoms with E-state index in [2.05, 4.69) is 5.32 Å². The summed E-state index contributed by atoms with van der Waals surface area (Å²) in [4.78, 5) is 12.4. The third-order valence-electron chi connectivity index (χ3n) is 4.49. The van der Waals surface area contributed by atoms with E-state index in [1.807, 2.05) is 6.92 Å². The number of nitrogens with zero attached hydrogens (tertiary/aromatic N) is 1. The van der Waals surface area contributed by atoms with Crippen LogP contribution in [0.25, 0.3) is 0 Å². The Labute approximate surface area is 171 Å². The first-order chi connectivity index (χ1) is 14.0. The molecule has 1 N–H and O–H groups in total. The van der Waals surface area contributed by atoms with Crippen LogP contribution in [0.5, 0.6) is 11.5 Å². The maximum absolute atomic E-state index is 12.7. The molecule has 29 heavy (non-hydrogen) atoms. The van der Waals surface area contributed by atoms with Crippen LogP contribution in [0.15, 0.2) is 53.4 Å². The molecule has 3 rings (SSSR count). The van der Waals surface area contributed by atoms with Crippen LogP contribution < -0.4 is 14.8 Å². The van der Waals surface area contributed by atoms with Crippen LogP contribution in [-0.4, -0.2) is 44.9 Å². The van der Waals surface area contributed by atoms with Gasteiger partial charge in [0.25, 0.3) is 5.91 Å². The molecule has 1 amide bonds. The number of rotatable bonds is 9. The quantitative estimate of drug-likeness (QED) is 0.676. The summed E-state index contributed by atoms with van der Waals surface area (Å²) in [6, 6.07) is 13.3. The number of ether oxygens (including phenoxy) is 2. The lowest BCUT2D eigenvalue weighted by molar-refractivity contribution is -0.118. The van der Waals surface area contributed by atoms with E-state index in [1.54, 1.807) is 42.5 Å². The van der Waals surface area contributed by atoms with E-state index in [0.717, 1.165) is 25.0 Å². The Balaban J connectivity index is 1.55. The van der Waals surface area contributed by atoms with E-state index < -0.39 is 10.0 Å². The largest absolute Gasteiger partial charge is 0.494 e. The van der Waals surface area contributed by atoms with Crippen LogP contribution in [-0.2, 0) is 14.8 Å². The number of sulfonamides is 1.